The highest BCUT2D eigenvalue weighted by atomic mass is 35.5. The largest absolute Gasteiger partial charge is 0.309 e. The Hall–Kier alpha value is -2.14. The van der Waals surface area contributed by atoms with Crippen LogP contribution in [0, 0.1) is 0 Å². The zero-order chi connectivity index (χ0) is 12.5. The van der Waals surface area contributed by atoms with Gasteiger partial charge in [-0.1, -0.05) is 18.2 Å². The first-order valence-electron chi connectivity index (χ1n) is 5.38. The summed E-state index contributed by atoms with van der Waals surface area (Å²) >= 11 is 5.70. The van der Waals surface area contributed by atoms with Crippen LogP contribution < -0.4 is 5.56 Å². The first kappa shape index (κ1) is 11.0. The third kappa shape index (κ3) is 1.69. The molecule has 0 spiro atoms. The van der Waals surface area contributed by atoms with E-state index < -0.39 is 0 Å². The molecule has 1 aromatic carbocycles. The van der Waals surface area contributed by atoms with E-state index in [2.05, 4.69) is 15.1 Å². The molecule has 18 heavy (non-hydrogen) atoms. The van der Waals surface area contributed by atoms with Crippen molar-refractivity contribution in [2.75, 3.05) is 0 Å². The molecule has 0 atom stereocenters. The summed E-state index contributed by atoms with van der Waals surface area (Å²) in [5.41, 5.74) is 1.14. The van der Waals surface area contributed by atoms with Crippen LogP contribution in [0.4, 0.5) is 0 Å². The fourth-order valence-electron chi connectivity index (χ4n) is 1.79. The van der Waals surface area contributed by atoms with Gasteiger partial charge in [0.25, 0.3) is 5.56 Å². The van der Waals surface area contributed by atoms with Crippen molar-refractivity contribution in [3.05, 3.63) is 52.7 Å². The second-order valence-electron chi connectivity index (χ2n) is 3.78. The van der Waals surface area contributed by atoms with Crippen LogP contribution in [0.1, 0.15) is 5.82 Å². The minimum Gasteiger partial charge on any atom is -0.309 e. The van der Waals surface area contributed by atoms with E-state index >= 15 is 0 Å². The lowest BCUT2D eigenvalue weighted by Gasteiger charge is -2.02. The topological polar surface area (TPSA) is 63.6 Å². The Morgan fingerprint density at radius 2 is 2.06 bits per heavy atom. The third-order valence-electron chi connectivity index (χ3n) is 2.61. The number of benzene rings is 1. The van der Waals surface area contributed by atoms with Crippen molar-refractivity contribution < 1.29 is 0 Å². The smallest absolute Gasteiger partial charge is 0.262 e. The van der Waals surface area contributed by atoms with Crippen LogP contribution in [-0.2, 0) is 5.88 Å². The van der Waals surface area contributed by atoms with Gasteiger partial charge in [0.15, 0.2) is 5.65 Å². The molecular formula is C12H9ClN4O. The predicted octanol–water partition coefficient (Wildman–Crippen LogP) is 1.85. The van der Waals surface area contributed by atoms with Gasteiger partial charge in [-0.15, -0.1) is 11.6 Å². The number of aromatic nitrogens is 4. The average Bonchev–Trinajstić information content (AvgIpc) is 2.84. The molecule has 6 heteroatoms. The van der Waals surface area contributed by atoms with Gasteiger partial charge in [-0.25, -0.2) is 9.67 Å². The number of hydrogen-bond donors (Lipinski definition) is 1. The SMILES string of the molecule is O=c1[nH]c(CCl)nc2c1cnn2-c1ccccc1. The number of fused-ring (bicyclic) bond motifs is 1. The van der Waals surface area contributed by atoms with Crippen LogP contribution in [0.2, 0.25) is 0 Å². The van der Waals surface area contributed by atoms with Gasteiger partial charge in [0.2, 0.25) is 0 Å². The van der Waals surface area contributed by atoms with Gasteiger partial charge in [-0.05, 0) is 12.1 Å². The zero-order valence-corrected chi connectivity index (χ0v) is 10.1. The summed E-state index contributed by atoms with van der Waals surface area (Å²) in [5, 5.41) is 4.64. The van der Waals surface area contributed by atoms with Crippen molar-refractivity contribution in [2.24, 2.45) is 0 Å². The monoisotopic (exact) mass is 260 g/mol. The van der Waals surface area contributed by atoms with Gasteiger partial charge >= 0.3 is 0 Å². The van der Waals surface area contributed by atoms with E-state index in [0.717, 1.165) is 5.69 Å². The molecule has 0 saturated heterocycles. The minimum absolute atomic E-state index is 0.158. The lowest BCUT2D eigenvalue weighted by molar-refractivity contribution is 0.886. The van der Waals surface area contributed by atoms with Gasteiger partial charge in [-0.2, -0.15) is 5.10 Å². The molecule has 0 aliphatic heterocycles. The highest BCUT2D eigenvalue weighted by Crippen LogP contribution is 2.13. The molecule has 2 heterocycles. The molecule has 3 aromatic rings. The number of rotatable bonds is 2. The van der Waals surface area contributed by atoms with Crippen molar-refractivity contribution >= 4 is 22.6 Å². The fraction of sp³-hybridized carbons (Fsp3) is 0.0833. The number of nitrogens with zero attached hydrogens (tertiary/aromatic N) is 3. The number of alkyl halides is 1. The van der Waals surface area contributed by atoms with Crippen LogP contribution in [0.3, 0.4) is 0 Å². The minimum atomic E-state index is -0.224. The third-order valence-corrected chi connectivity index (χ3v) is 2.87. The molecule has 1 N–H and O–H groups in total. The average molecular weight is 261 g/mol. The quantitative estimate of drug-likeness (QED) is 0.715. The maximum absolute atomic E-state index is 11.8. The zero-order valence-electron chi connectivity index (χ0n) is 9.30. The summed E-state index contributed by atoms with van der Waals surface area (Å²) in [6, 6.07) is 9.52. The molecule has 5 nitrogen and oxygen atoms in total. The molecule has 3 rings (SSSR count). The van der Waals surface area contributed by atoms with Crippen molar-refractivity contribution in [2.45, 2.75) is 5.88 Å². The van der Waals surface area contributed by atoms with Crippen LogP contribution in [0.5, 0.6) is 0 Å². The number of para-hydroxylation sites is 1. The van der Waals surface area contributed by atoms with Gasteiger partial charge < -0.3 is 4.98 Å². The maximum Gasteiger partial charge on any atom is 0.262 e. The fourth-order valence-corrected chi connectivity index (χ4v) is 1.91. The predicted molar refractivity (Wildman–Crippen MR) is 69.0 cm³/mol. The summed E-state index contributed by atoms with van der Waals surface area (Å²) in [6.45, 7) is 0. The molecule has 0 aliphatic carbocycles. The molecule has 2 aromatic heterocycles. The van der Waals surface area contributed by atoms with Crippen LogP contribution in [0.15, 0.2) is 41.3 Å². The highest BCUT2D eigenvalue weighted by Gasteiger charge is 2.10. The van der Waals surface area contributed by atoms with Crippen molar-refractivity contribution in [3.63, 3.8) is 0 Å². The molecule has 0 aliphatic rings. The molecule has 0 bridgehead atoms. The van der Waals surface area contributed by atoms with Crippen molar-refractivity contribution in [3.8, 4) is 5.69 Å². The van der Waals surface area contributed by atoms with E-state index in [1.807, 2.05) is 30.3 Å². The van der Waals surface area contributed by atoms with E-state index in [9.17, 15) is 4.79 Å². The van der Waals surface area contributed by atoms with Gasteiger partial charge in [0.1, 0.15) is 11.2 Å². The Labute approximate surface area is 107 Å². The first-order valence-corrected chi connectivity index (χ1v) is 5.91. The van der Waals surface area contributed by atoms with Crippen LogP contribution in [0.25, 0.3) is 16.7 Å². The Morgan fingerprint density at radius 1 is 1.28 bits per heavy atom. The van der Waals surface area contributed by atoms with E-state index in [1.54, 1.807) is 4.68 Å². The van der Waals surface area contributed by atoms with Gasteiger partial charge in [0, 0.05) is 0 Å². The Morgan fingerprint density at radius 3 is 2.78 bits per heavy atom. The van der Waals surface area contributed by atoms with Crippen LogP contribution in [-0.4, -0.2) is 19.7 Å². The lowest BCUT2D eigenvalue weighted by atomic mass is 10.3. The molecule has 0 saturated carbocycles. The highest BCUT2D eigenvalue weighted by molar-refractivity contribution is 6.16. The van der Waals surface area contributed by atoms with E-state index in [0.29, 0.717) is 16.9 Å². The molecule has 0 unspecified atom stereocenters. The first-order chi connectivity index (χ1) is 8.79. The number of H-pyrrole nitrogens is 1. The summed E-state index contributed by atoms with van der Waals surface area (Å²) in [6.07, 6.45) is 1.51. The Balaban J connectivity index is 2.32. The Bertz CT molecular complexity index is 748. The molecular weight excluding hydrogens is 252 g/mol. The maximum atomic E-state index is 11.8. The summed E-state index contributed by atoms with van der Waals surface area (Å²) < 4.78 is 1.63. The lowest BCUT2D eigenvalue weighted by Crippen LogP contribution is -2.11. The molecule has 0 amide bonds. The molecule has 90 valence electrons. The van der Waals surface area contributed by atoms with Crippen LogP contribution >= 0.6 is 11.6 Å². The van der Waals surface area contributed by atoms with Crippen molar-refractivity contribution in [1.29, 1.82) is 0 Å². The summed E-state index contributed by atoms with van der Waals surface area (Å²) in [7, 11) is 0. The number of hydrogen-bond acceptors (Lipinski definition) is 3. The Kier molecular flexibility index (Phi) is 2.60. The van der Waals surface area contributed by atoms with E-state index in [-0.39, 0.29) is 11.4 Å². The van der Waals surface area contributed by atoms with E-state index in [4.69, 9.17) is 11.6 Å². The van der Waals surface area contributed by atoms with Crippen molar-refractivity contribution in [1.82, 2.24) is 19.7 Å². The summed E-state index contributed by atoms with van der Waals surface area (Å²) in [5.74, 6) is 0.595. The number of nitrogens with one attached hydrogen (secondary N) is 1. The normalized spacial score (nSPS) is 10.9. The van der Waals surface area contributed by atoms with E-state index in [1.165, 1.54) is 6.20 Å². The molecule has 0 radical (unpaired) electrons. The summed E-state index contributed by atoms with van der Waals surface area (Å²) in [4.78, 5) is 18.7. The van der Waals surface area contributed by atoms with Gasteiger partial charge in [0.05, 0.1) is 17.8 Å². The standard InChI is InChI=1S/C12H9ClN4O/c13-6-10-15-11-9(12(18)16-10)7-14-17(11)8-4-2-1-3-5-8/h1-5,7H,6H2,(H,15,16,18). The molecule has 0 fully saturated rings. The number of halogens is 1. The van der Waals surface area contributed by atoms with Gasteiger partial charge in [-0.3, -0.25) is 4.79 Å². The second kappa shape index (κ2) is 4.27. The number of aromatic amines is 1. The second-order valence-corrected chi connectivity index (χ2v) is 4.04.